The van der Waals surface area contributed by atoms with Crippen LogP contribution >= 0.6 is 11.8 Å². The highest BCUT2D eigenvalue weighted by Gasteiger charge is 2.37. The Bertz CT molecular complexity index is 1540. The number of hydrogen-bond donors (Lipinski definition) is 2. The van der Waals surface area contributed by atoms with Gasteiger partial charge in [-0.3, -0.25) is 19.7 Å². The van der Waals surface area contributed by atoms with Gasteiger partial charge >= 0.3 is 11.6 Å². The van der Waals surface area contributed by atoms with Gasteiger partial charge in [0, 0.05) is 55.4 Å². The molecular weight excluding hydrogens is 548 g/mol. The molecule has 0 bridgehead atoms. The fourth-order valence-corrected chi connectivity index (χ4v) is 5.97. The molecule has 5 rings (SSSR count). The number of carbonyl (C=O) groups is 4. The van der Waals surface area contributed by atoms with Gasteiger partial charge < -0.3 is 19.5 Å². The highest BCUT2D eigenvalue weighted by molar-refractivity contribution is 7.99. The van der Waals surface area contributed by atoms with Crippen molar-refractivity contribution in [1.82, 2.24) is 15.7 Å². The number of hydroxylamine groups is 2. The third-order valence-corrected chi connectivity index (χ3v) is 8.35. The Labute approximate surface area is 240 Å². The largest absolute Gasteiger partial charge is 0.422 e. The van der Waals surface area contributed by atoms with Crippen LogP contribution in [0.1, 0.15) is 53.5 Å². The second-order valence-corrected chi connectivity index (χ2v) is 10.8. The van der Waals surface area contributed by atoms with E-state index in [0.29, 0.717) is 21.8 Å². The van der Waals surface area contributed by atoms with Gasteiger partial charge in [-0.25, -0.2) is 9.59 Å². The molecule has 2 N–H and O–H groups in total. The molecule has 2 saturated heterocycles. The van der Waals surface area contributed by atoms with Gasteiger partial charge in [0.05, 0.1) is 5.37 Å². The van der Waals surface area contributed by atoms with Crippen LogP contribution in [0.4, 0.5) is 5.69 Å². The third kappa shape index (κ3) is 6.13. The lowest BCUT2D eigenvalue weighted by molar-refractivity contribution is -0.198. The zero-order chi connectivity index (χ0) is 29.1. The van der Waals surface area contributed by atoms with Gasteiger partial charge in [-0.15, -0.1) is 16.8 Å². The fraction of sp³-hybridized carbons (Fsp3) is 0.345. The maximum atomic E-state index is 12.8. The van der Waals surface area contributed by atoms with Crippen LogP contribution in [-0.2, 0) is 25.8 Å². The minimum absolute atomic E-state index is 0.0437. The van der Waals surface area contributed by atoms with Crippen LogP contribution in [0.15, 0.2) is 57.7 Å². The Morgan fingerprint density at radius 1 is 1.05 bits per heavy atom. The van der Waals surface area contributed by atoms with E-state index in [0.717, 1.165) is 29.9 Å². The Kier molecular flexibility index (Phi) is 8.41. The van der Waals surface area contributed by atoms with Gasteiger partial charge in [0.2, 0.25) is 0 Å². The molecule has 2 aliphatic rings. The third-order valence-electron chi connectivity index (χ3n) is 7.08. The lowest BCUT2D eigenvalue weighted by Crippen LogP contribution is -2.41. The molecule has 41 heavy (non-hydrogen) atoms. The maximum absolute atomic E-state index is 12.8. The topological polar surface area (TPSA) is 138 Å². The number of hydrogen-bond acceptors (Lipinski definition) is 10. The summed E-state index contributed by atoms with van der Waals surface area (Å²) in [6.45, 7) is 5.95. The van der Waals surface area contributed by atoms with E-state index in [4.69, 9.17) is 9.25 Å². The number of thioether (sulfide) groups is 1. The average Bonchev–Trinajstić information content (AvgIpc) is 3.59. The van der Waals surface area contributed by atoms with Crippen molar-refractivity contribution in [2.24, 2.45) is 0 Å². The number of rotatable bonds is 9. The first-order valence-electron chi connectivity index (χ1n) is 13.4. The van der Waals surface area contributed by atoms with Crippen LogP contribution < -0.4 is 21.2 Å². The van der Waals surface area contributed by atoms with Crippen LogP contribution in [0.2, 0.25) is 0 Å². The van der Waals surface area contributed by atoms with Crippen LogP contribution in [0.5, 0.6) is 0 Å². The predicted molar refractivity (Wildman–Crippen MR) is 153 cm³/mol. The number of nitrogens with one attached hydrogen (secondary N) is 2. The van der Waals surface area contributed by atoms with E-state index in [9.17, 15) is 24.0 Å². The van der Waals surface area contributed by atoms with Crippen LogP contribution in [0.25, 0.3) is 11.0 Å². The molecule has 11 nitrogen and oxygen atoms in total. The number of benzene rings is 2. The van der Waals surface area contributed by atoms with Crippen molar-refractivity contribution >= 4 is 52.1 Å². The summed E-state index contributed by atoms with van der Waals surface area (Å²) in [5.74, 6) is -1.81. The predicted octanol–water partition coefficient (Wildman–Crippen LogP) is 2.88. The molecule has 0 radical (unpaired) electrons. The smallest absolute Gasteiger partial charge is 0.350 e. The first-order valence-corrected chi connectivity index (χ1v) is 14.5. The highest BCUT2D eigenvalue weighted by Crippen LogP contribution is 2.33. The summed E-state index contributed by atoms with van der Waals surface area (Å²) in [7, 11) is 0. The van der Waals surface area contributed by atoms with Crippen molar-refractivity contribution in [3.05, 3.63) is 75.6 Å². The van der Waals surface area contributed by atoms with E-state index in [2.05, 4.69) is 29.4 Å². The van der Waals surface area contributed by atoms with Gasteiger partial charge in [-0.05, 0) is 43.2 Å². The van der Waals surface area contributed by atoms with Crippen molar-refractivity contribution in [2.75, 3.05) is 23.7 Å². The average molecular weight is 579 g/mol. The molecule has 2 fully saturated rings. The minimum atomic E-state index is -0.696. The Hall–Kier alpha value is -4.16. The number of carbonyl (C=O) groups excluding carboxylic acids is 4. The number of anilines is 1. The molecule has 3 heterocycles. The highest BCUT2D eigenvalue weighted by atomic mass is 32.2. The number of imide groups is 1. The fourth-order valence-electron chi connectivity index (χ4n) is 4.74. The molecule has 2 atom stereocenters. The zero-order valence-electron chi connectivity index (χ0n) is 22.7. The molecule has 2 aromatic carbocycles. The molecule has 3 amide bonds. The number of amides is 3. The van der Waals surface area contributed by atoms with E-state index >= 15 is 0 Å². The van der Waals surface area contributed by atoms with Crippen LogP contribution in [0.3, 0.4) is 0 Å². The first-order chi connectivity index (χ1) is 19.8. The summed E-state index contributed by atoms with van der Waals surface area (Å²) in [6.07, 6.45) is 0.0873. The normalized spacial score (nSPS) is 18.6. The van der Waals surface area contributed by atoms with E-state index in [1.54, 1.807) is 6.07 Å². The van der Waals surface area contributed by atoms with Gasteiger partial charge in [0.15, 0.2) is 0 Å². The van der Waals surface area contributed by atoms with E-state index < -0.39 is 35.4 Å². The molecule has 12 heteroatoms. The molecule has 0 aliphatic carbocycles. The molecular formula is C29H30N4O7S. The monoisotopic (exact) mass is 578 g/mol. The van der Waals surface area contributed by atoms with Gasteiger partial charge in [-0.1, -0.05) is 24.3 Å². The lowest BCUT2D eigenvalue weighted by Gasteiger charge is -2.21. The molecule has 1 aromatic heterocycles. The van der Waals surface area contributed by atoms with Gasteiger partial charge in [0.1, 0.15) is 17.2 Å². The minimum Gasteiger partial charge on any atom is -0.422 e. The van der Waals surface area contributed by atoms with E-state index in [1.807, 2.05) is 42.5 Å². The van der Waals surface area contributed by atoms with E-state index in [1.165, 1.54) is 11.8 Å². The summed E-state index contributed by atoms with van der Waals surface area (Å²) in [6, 6.07) is 13.9. The summed E-state index contributed by atoms with van der Waals surface area (Å²) in [5, 5.41) is 6.96. The lowest BCUT2D eigenvalue weighted by atomic mass is 10.1. The van der Waals surface area contributed by atoms with Gasteiger partial charge in [0.25, 0.3) is 17.7 Å². The summed E-state index contributed by atoms with van der Waals surface area (Å²) >= 11 is 1.50. The summed E-state index contributed by atoms with van der Waals surface area (Å²) < 4.78 is 5.47. The molecule has 2 aliphatic heterocycles. The van der Waals surface area contributed by atoms with Crippen LogP contribution in [-0.4, -0.2) is 53.6 Å². The number of nitrogens with zero attached hydrogens (tertiary/aromatic N) is 2. The van der Waals surface area contributed by atoms with Crippen molar-refractivity contribution in [3.63, 3.8) is 0 Å². The van der Waals surface area contributed by atoms with Gasteiger partial charge in [-0.2, -0.15) is 0 Å². The van der Waals surface area contributed by atoms with Crippen molar-refractivity contribution in [2.45, 2.75) is 44.6 Å². The SMILES string of the molecule is CCN(CC)c1ccc2cc(C(=O)NCc3ccc(C4NC(C(=O)ON5C(=O)CCC5=O)CS4)cc3)c(=O)oc2c1. The van der Waals surface area contributed by atoms with Crippen molar-refractivity contribution in [1.29, 1.82) is 0 Å². The first kappa shape index (κ1) is 28.4. The Morgan fingerprint density at radius 2 is 1.76 bits per heavy atom. The Balaban J connectivity index is 1.17. The standard InChI is InChI=1S/C29H30N4O7S/c1-3-32(4-2)20-10-9-19-13-21(28(37)39-23(19)14-20)26(36)30-15-17-5-7-18(8-6-17)27-31-22(16-41-27)29(38)40-33-24(34)11-12-25(33)35/h5-10,13-14,22,27,31H,3-4,11-12,15-16H2,1-2H3,(H,30,36). The summed E-state index contributed by atoms with van der Waals surface area (Å²) in [4.78, 5) is 68.4. The van der Waals surface area contributed by atoms with Crippen molar-refractivity contribution < 1.29 is 28.4 Å². The molecule has 3 aromatic rings. The van der Waals surface area contributed by atoms with E-state index in [-0.39, 0.29) is 30.3 Å². The summed E-state index contributed by atoms with van der Waals surface area (Å²) in [5.41, 5.74) is 2.35. The molecule has 2 unspecified atom stereocenters. The quantitative estimate of drug-likeness (QED) is 0.288. The number of fused-ring (bicyclic) bond motifs is 1. The second kappa shape index (κ2) is 12.1. The molecule has 0 spiro atoms. The molecule has 0 saturated carbocycles. The van der Waals surface area contributed by atoms with Crippen LogP contribution in [0, 0.1) is 0 Å². The zero-order valence-corrected chi connectivity index (χ0v) is 23.5. The molecule has 214 valence electrons. The second-order valence-electron chi connectivity index (χ2n) is 9.69. The Morgan fingerprint density at radius 3 is 2.44 bits per heavy atom. The van der Waals surface area contributed by atoms with Crippen molar-refractivity contribution in [3.8, 4) is 0 Å². The maximum Gasteiger partial charge on any atom is 0.350 e.